The van der Waals surface area contributed by atoms with Crippen LogP contribution in [-0.2, 0) is 10.8 Å². The van der Waals surface area contributed by atoms with Gasteiger partial charge in [-0.3, -0.25) is 0 Å². The maximum absolute atomic E-state index is 15.6. The van der Waals surface area contributed by atoms with Crippen LogP contribution in [0, 0.1) is 12.7 Å². The molecule has 0 atom stereocenters. The van der Waals surface area contributed by atoms with Gasteiger partial charge in [0, 0.05) is 22.9 Å². The summed E-state index contributed by atoms with van der Waals surface area (Å²) < 4.78 is 15.6. The summed E-state index contributed by atoms with van der Waals surface area (Å²) in [4.78, 5) is 1.12. The van der Waals surface area contributed by atoms with E-state index >= 15 is 4.39 Å². The van der Waals surface area contributed by atoms with E-state index in [4.69, 9.17) is 0 Å². The minimum Gasteiger partial charge on any atom is -0.507 e. The van der Waals surface area contributed by atoms with Crippen LogP contribution in [0.2, 0.25) is 0 Å². The number of rotatable bonds is 2. The molecule has 29 heavy (non-hydrogen) atoms. The number of aromatic hydroxyl groups is 1. The predicted octanol–water partition coefficient (Wildman–Crippen LogP) is 6.49. The second-order valence-electron chi connectivity index (χ2n) is 9.67. The van der Waals surface area contributed by atoms with Crippen LogP contribution in [-0.4, -0.2) is 17.5 Å². The van der Waals surface area contributed by atoms with E-state index in [0.717, 1.165) is 41.3 Å². The van der Waals surface area contributed by atoms with Crippen LogP contribution in [0.1, 0.15) is 62.8 Å². The zero-order chi connectivity index (χ0) is 21.0. The van der Waals surface area contributed by atoms with Crippen LogP contribution in [0.3, 0.4) is 0 Å². The summed E-state index contributed by atoms with van der Waals surface area (Å²) in [5.41, 5.74) is 5.40. The van der Waals surface area contributed by atoms with E-state index in [0.29, 0.717) is 11.1 Å². The molecule has 0 unspecified atom stereocenters. The first-order valence-electron chi connectivity index (χ1n) is 10.3. The van der Waals surface area contributed by atoms with Crippen LogP contribution in [0.5, 0.6) is 5.75 Å². The van der Waals surface area contributed by atoms with Gasteiger partial charge in [0.05, 0.1) is 5.56 Å². The zero-order valence-corrected chi connectivity index (χ0v) is 18.8. The minimum atomic E-state index is -0.346. The van der Waals surface area contributed by atoms with E-state index in [1.807, 2.05) is 13.0 Å². The molecule has 2 aliphatic rings. The molecule has 1 aliphatic heterocycles. The Labute approximate surface area is 177 Å². The fraction of sp³-hybridized carbons (Fsp3) is 0.440. The van der Waals surface area contributed by atoms with Gasteiger partial charge in [0.1, 0.15) is 11.6 Å². The molecule has 2 N–H and O–H groups in total. The van der Waals surface area contributed by atoms with Gasteiger partial charge in [-0.15, -0.1) is 11.8 Å². The van der Waals surface area contributed by atoms with Crippen molar-refractivity contribution < 1.29 is 9.50 Å². The number of hydrogen-bond donors (Lipinski definition) is 2. The third kappa shape index (κ3) is 3.62. The monoisotopic (exact) mass is 411 g/mol. The van der Waals surface area contributed by atoms with Crippen LogP contribution >= 0.6 is 11.8 Å². The van der Waals surface area contributed by atoms with Gasteiger partial charge in [0.15, 0.2) is 0 Å². The first-order chi connectivity index (χ1) is 13.6. The Balaban J connectivity index is 1.91. The second kappa shape index (κ2) is 7.17. The quantitative estimate of drug-likeness (QED) is 0.592. The van der Waals surface area contributed by atoms with Crippen molar-refractivity contribution in [3.8, 4) is 16.9 Å². The minimum absolute atomic E-state index is 0.00206. The lowest BCUT2D eigenvalue weighted by molar-refractivity contribution is 0.332. The lowest BCUT2D eigenvalue weighted by Crippen LogP contribution is -2.34. The third-order valence-corrected chi connectivity index (χ3v) is 7.57. The highest BCUT2D eigenvalue weighted by Gasteiger charge is 2.37. The molecule has 2 aromatic carbocycles. The van der Waals surface area contributed by atoms with Crippen LogP contribution in [0.4, 0.5) is 4.39 Å². The molecule has 0 radical (unpaired) electrons. The maximum atomic E-state index is 15.6. The highest BCUT2D eigenvalue weighted by atomic mass is 32.2. The van der Waals surface area contributed by atoms with E-state index in [2.05, 4.69) is 45.1 Å². The van der Waals surface area contributed by atoms with Gasteiger partial charge in [-0.2, -0.15) is 0 Å². The number of aryl methyl sites for hydroxylation is 1. The van der Waals surface area contributed by atoms with Gasteiger partial charge in [0.25, 0.3) is 0 Å². The molecule has 0 saturated carbocycles. The van der Waals surface area contributed by atoms with Crippen molar-refractivity contribution in [2.45, 2.75) is 58.3 Å². The van der Waals surface area contributed by atoms with Crippen molar-refractivity contribution >= 4 is 17.8 Å². The Morgan fingerprint density at radius 3 is 2.34 bits per heavy atom. The topological polar surface area (TPSA) is 32.3 Å². The first-order valence-corrected chi connectivity index (χ1v) is 11.3. The normalized spacial score (nSPS) is 21.4. The van der Waals surface area contributed by atoms with Gasteiger partial charge in [0.2, 0.25) is 0 Å². The third-order valence-electron chi connectivity index (χ3n) is 6.59. The van der Waals surface area contributed by atoms with Crippen molar-refractivity contribution in [2.75, 3.05) is 12.4 Å². The van der Waals surface area contributed by atoms with Crippen molar-refractivity contribution in [3.05, 3.63) is 57.2 Å². The van der Waals surface area contributed by atoms with Crippen molar-refractivity contribution in [3.63, 3.8) is 0 Å². The Bertz CT molecular complexity index is 998. The van der Waals surface area contributed by atoms with Crippen LogP contribution < -0.4 is 5.32 Å². The summed E-state index contributed by atoms with van der Waals surface area (Å²) in [6.45, 7) is 11.9. The van der Waals surface area contributed by atoms with Gasteiger partial charge in [-0.25, -0.2) is 4.39 Å². The van der Waals surface area contributed by atoms with Crippen molar-refractivity contribution in [1.29, 1.82) is 0 Å². The largest absolute Gasteiger partial charge is 0.507 e. The second-order valence-corrected chi connectivity index (χ2v) is 10.8. The number of fused-ring (bicyclic) bond motifs is 1. The molecule has 1 heterocycles. The molecule has 2 aromatic rings. The van der Waals surface area contributed by atoms with Gasteiger partial charge >= 0.3 is 0 Å². The molecule has 1 saturated heterocycles. The zero-order valence-electron chi connectivity index (χ0n) is 17.9. The number of phenolic OH excluding ortho intramolecular Hbond substituents is 1. The molecule has 2 nitrogen and oxygen atoms in total. The number of halogens is 1. The predicted molar refractivity (Wildman–Crippen MR) is 122 cm³/mol. The standard InChI is InChI=1S/C25H30FNOS/c1-15-10-19-20(25(4,5)9-8-24(19,2)3)12-18(15)22-21(28)7-6-16(23(22)26)11-17-13-27-14-29-17/h6-7,10-12,27-28H,8-9,13-14H2,1-5H3. The number of thioether (sulfide) groups is 1. The average molecular weight is 412 g/mol. The summed E-state index contributed by atoms with van der Waals surface area (Å²) in [5.74, 6) is 0.506. The van der Waals surface area contributed by atoms with Gasteiger partial charge < -0.3 is 10.4 Å². The average Bonchev–Trinajstić information content (AvgIpc) is 3.16. The summed E-state index contributed by atoms with van der Waals surface area (Å²) in [6.07, 6.45) is 4.13. The van der Waals surface area contributed by atoms with E-state index < -0.39 is 0 Å². The highest BCUT2D eigenvalue weighted by molar-refractivity contribution is 8.03. The summed E-state index contributed by atoms with van der Waals surface area (Å²) in [7, 11) is 0. The fourth-order valence-corrected chi connectivity index (χ4v) is 5.38. The SMILES string of the molecule is Cc1cc2c(cc1-c1c(O)ccc(C=C3CNCS3)c1F)C(C)(C)CCC2(C)C. The molecular weight excluding hydrogens is 381 g/mol. The van der Waals surface area contributed by atoms with E-state index in [1.54, 1.807) is 23.9 Å². The Kier molecular flexibility index (Phi) is 5.07. The number of phenols is 1. The maximum Gasteiger partial charge on any atom is 0.142 e. The fourth-order valence-electron chi connectivity index (χ4n) is 4.58. The van der Waals surface area contributed by atoms with Gasteiger partial charge in [-0.1, -0.05) is 33.8 Å². The van der Waals surface area contributed by atoms with Crippen molar-refractivity contribution in [1.82, 2.24) is 5.32 Å². The van der Waals surface area contributed by atoms with E-state index in [-0.39, 0.29) is 22.4 Å². The van der Waals surface area contributed by atoms with Crippen LogP contribution in [0.15, 0.2) is 29.2 Å². The molecule has 4 rings (SSSR count). The Morgan fingerprint density at radius 2 is 1.72 bits per heavy atom. The smallest absolute Gasteiger partial charge is 0.142 e. The lowest BCUT2D eigenvalue weighted by Gasteiger charge is -2.42. The molecule has 1 fully saturated rings. The molecule has 0 spiro atoms. The molecular formula is C25H30FNOS. The molecule has 1 aliphatic carbocycles. The summed E-state index contributed by atoms with van der Waals surface area (Å²) in [6, 6.07) is 7.63. The Hall–Kier alpha value is -1.78. The van der Waals surface area contributed by atoms with Crippen molar-refractivity contribution in [2.24, 2.45) is 0 Å². The molecule has 0 aromatic heterocycles. The van der Waals surface area contributed by atoms with E-state index in [9.17, 15) is 5.11 Å². The number of nitrogens with one attached hydrogen (secondary N) is 1. The summed E-state index contributed by atoms with van der Waals surface area (Å²) >= 11 is 1.69. The number of benzene rings is 2. The van der Waals surface area contributed by atoms with Crippen LogP contribution in [0.25, 0.3) is 17.2 Å². The Morgan fingerprint density at radius 1 is 1.07 bits per heavy atom. The highest BCUT2D eigenvalue weighted by Crippen LogP contribution is 2.48. The summed E-state index contributed by atoms with van der Waals surface area (Å²) in [5, 5.41) is 13.9. The first kappa shape index (κ1) is 20.5. The molecule has 154 valence electrons. The molecule has 0 amide bonds. The number of hydrogen-bond acceptors (Lipinski definition) is 3. The lowest BCUT2D eigenvalue weighted by atomic mass is 9.62. The van der Waals surface area contributed by atoms with E-state index in [1.165, 1.54) is 11.1 Å². The molecule has 4 heteroatoms. The molecule has 0 bridgehead atoms. The van der Waals surface area contributed by atoms with Gasteiger partial charge in [-0.05, 0) is 77.1 Å².